The van der Waals surface area contributed by atoms with Gasteiger partial charge in [0.05, 0.1) is 0 Å². The van der Waals surface area contributed by atoms with Crippen LogP contribution in [0.4, 0.5) is 5.69 Å². The van der Waals surface area contributed by atoms with Gasteiger partial charge in [0, 0.05) is 25.1 Å². The van der Waals surface area contributed by atoms with Crippen molar-refractivity contribution in [1.82, 2.24) is 5.32 Å². The zero-order valence-electron chi connectivity index (χ0n) is 10.4. The third kappa shape index (κ3) is 5.45. The zero-order valence-corrected chi connectivity index (χ0v) is 10.4. The smallest absolute Gasteiger partial charge is 0.303 e. The molecule has 0 atom stereocenters. The number of benzene rings is 1. The largest absolute Gasteiger partial charge is 0.481 e. The highest BCUT2D eigenvalue weighted by Gasteiger charge is 2.02. The molecule has 5 nitrogen and oxygen atoms in total. The predicted molar refractivity (Wildman–Crippen MR) is 69.6 cm³/mol. The van der Waals surface area contributed by atoms with Crippen molar-refractivity contribution in [2.45, 2.75) is 19.3 Å². The van der Waals surface area contributed by atoms with Crippen molar-refractivity contribution in [2.24, 2.45) is 0 Å². The number of carbonyl (C=O) groups excluding carboxylic acids is 1. The summed E-state index contributed by atoms with van der Waals surface area (Å²) in [4.78, 5) is 21.9. The van der Waals surface area contributed by atoms with Gasteiger partial charge in [-0.25, -0.2) is 0 Å². The topological polar surface area (TPSA) is 78.4 Å². The molecule has 0 aromatic heterocycles. The van der Waals surface area contributed by atoms with E-state index in [1.54, 1.807) is 19.2 Å². The van der Waals surface area contributed by atoms with Gasteiger partial charge >= 0.3 is 5.97 Å². The van der Waals surface area contributed by atoms with Crippen LogP contribution in [0.15, 0.2) is 24.3 Å². The number of rotatable bonds is 7. The molecule has 5 heteroatoms. The van der Waals surface area contributed by atoms with Crippen molar-refractivity contribution < 1.29 is 14.7 Å². The molecule has 1 amide bonds. The normalized spacial score (nSPS) is 10.1. The van der Waals surface area contributed by atoms with Gasteiger partial charge in [0.1, 0.15) is 0 Å². The second-order valence-electron chi connectivity index (χ2n) is 3.99. The van der Waals surface area contributed by atoms with E-state index in [1.807, 2.05) is 12.1 Å². The molecular formula is C13H18N2O3. The Morgan fingerprint density at radius 1 is 1.17 bits per heavy atom. The summed E-state index contributed by atoms with van der Waals surface area (Å²) in [7, 11) is 1.80. The fraction of sp³-hybridized carbons (Fsp3) is 0.385. The first kappa shape index (κ1) is 14.2. The van der Waals surface area contributed by atoms with Crippen LogP contribution in [-0.4, -0.2) is 30.6 Å². The highest BCUT2D eigenvalue weighted by molar-refractivity contribution is 5.90. The molecule has 0 fully saturated rings. The molecule has 0 spiro atoms. The lowest BCUT2D eigenvalue weighted by Gasteiger charge is -2.06. The number of amides is 1. The molecule has 0 unspecified atom stereocenters. The summed E-state index contributed by atoms with van der Waals surface area (Å²) in [6, 6.07) is 7.23. The van der Waals surface area contributed by atoms with E-state index < -0.39 is 5.97 Å². The standard InChI is InChI=1S/C13H18N2O3/c1-14-9-8-12(16)15-11-5-2-10(3-6-11)4-7-13(17)18/h2-3,5-6,14H,4,7-9H2,1H3,(H,15,16)(H,17,18). The first-order valence-electron chi connectivity index (χ1n) is 5.87. The molecule has 3 N–H and O–H groups in total. The zero-order chi connectivity index (χ0) is 13.4. The third-order valence-corrected chi connectivity index (χ3v) is 2.47. The molecule has 1 aromatic rings. The minimum atomic E-state index is -0.806. The lowest BCUT2D eigenvalue weighted by molar-refractivity contribution is -0.137. The van der Waals surface area contributed by atoms with Crippen LogP contribution in [0.25, 0.3) is 0 Å². The highest BCUT2D eigenvalue weighted by Crippen LogP contribution is 2.11. The molecule has 0 bridgehead atoms. The Bertz CT molecular complexity index is 401. The van der Waals surface area contributed by atoms with Crippen LogP contribution in [0.1, 0.15) is 18.4 Å². The SMILES string of the molecule is CNCCC(=O)Nc1ccc(CCC(=O)O)cc1. The third-order valence-electron chi connectivity index (χ3n) is 2.47. The van der Waals surface area contributed by atoms with Crippen molar-refractivity contribution in [1.29, 1.82) is 0 Å². The van der Waals surface area contributed by atoms with Crippen molar-refractivity contribution >= 4 is 17.6 Å². The van der Waals surface area contributed by atoms with E-state index in [1.165, 1.54) is 0 Å². The number of hydrogen-bond donors (Lipinski definition) is 3. The first-order valence-corrected chi connectivity index (χ1v) is 5.87. The van der Waals surface area contributed by atoms with Crippen LogP contribution in [0.2, 0.25) is 0 Å². The summed E-state index contributed by atoms with van der Waals surface area (Å²) in [6.45, 7) is 0.641. The molecule has 98 valence electrons. The van der Waals surface area contributed by atoms with E-state index in [9.17, 15) is 9.59 Å². The number of carboxylic acids is 1. The molecule has 1 aromatic carbocycles. The van der Waals surface area contributed by atoms with E-state index in [0.717, 1.165) is 11.3 Å². The molecule has 0 radical (unpaired) electrons. The summed E-state index contributed by atoms with van der Waals surface area (Å²) in [5.74, 6) is -0.845. The maximum atomic E-state index is 11.4. The Morgan fingerprint density at radius 2 is 1.83 bits per heavy atom. The van der Waals surface area contributed by atoms with Crippen LogP contribution in [-0.2, 0) is 16.0 Å². The average Bonchev–Trinajstić information content (AvgIpc) is 2.35. The number of nitrogens with one attached hydrogen (secondary N) is 2. The van der Waals surface area contributed by atoms with Crippen LogP contribution in [0.5, 0.6) is 0 Å². The minimum absolute atomic E-state index is 0.0392. The summed E-state index contributed by atoms with van der Waals surface area (Å²) in [6.07, 6.45) is 1.05. The molecule has 0 saturated carbocycles. The van der Waals surface area contributed by atoms with E-state index >= 15 is 0 Å². The van der Waals surface area contributed by atoms with Gasteiger partial charge in [0.2, 0.25) is 5.91 Å². The highest BCUT2D eigenvalue weighted by atomic mass is 16.4. The lowest BCUT2D eigenvalue weighted by atomic mass is 10.1. The van der Waals surface area contributed by atoms with E-state index in [0.29, 0.717) is 19.4 Å². The number of aryl methyl sites for hydroxylation is 1. The van der Waals surface area contributed by atoms with Crippen molar-refractivity contribution in [3.63, 3.8) is 0 Å². The molecular weight excluding hydrogens is 232 g/mol. The van der Waals surface area contributed by atoms with Gasteiger partial charge in [-0.2, -0.15) is 0 Å². The Labute approximate surface area is 106 Å². The van der Waals surface area contributed by atoms with Gasteiger partial charge in [-0.05, 0) is 31.2 Å². The van der Waals surface area contributed by atoms with Gasteiger partial charge in [-0.15, -0.1) is 0 Å². The second kappa shape index (κ2) is 7.45. The molecule has 0 aliphatic heterocycles. The van der Waals surface area contributed by atoms with Gasteiger partial charge in [-0.1, -0.05) is 12.1 Å². The van der Waals surface area contributed by atoms with Gasteiger partial charge < -0.3 is 15.7 Å². The fourth-order valence-corrected chi connectivity index (χ4v) is 1.47. The molecule has 0 aliphatic rings. The Balaban J connectivity index is 2.44. The monoisotopic (exact) mass is 250 g/mol. The number of carboxylic acid groups (broad SMARTS) is 1. The average molecular weight is 250 g/mol. The van der Waals surface area contributed by atoms with Crippen LogP contribution >= 0.6 is 0 Å². The van der Waals surface area contributed by atoms with E-state index in [-0.39, 0.29) is 12.3 Å². The van der Waals surface area contributed by atoms with Crippen molar-refractivity contribution in [3.8, 4) is 0 Å². The Morgan fingerprint density at radius 3 is 2.39 bits per heavy atom. The number of carbonyl (C=O) groups is 2. The molecule has 0 heterocycles. The van der Waals surface area contributed by atoms with E-state index in [2.05, 4.69) is 10.6 Å². The maximum absolute atomic E-state index is 11.4. The summed E-state index contributed by atoms with van der Waals surface area (Å²) in [5, 5.41) is 14.2. The van der Waals surface area contributed by atoms with Crippen LogP contribution in [0.3, 0.4) is 0 Å². The van der Waals surface area contributed by atoms with Gasteiger partial charge in [0.25, 0.3) is 0 Å². The quantitative estimate of drug-likeness (QED) is 0.680. The van der Waals surface area contributed by atoms with E-state index in [4.69, 9.17) is 5.11 Å². The minimum Gasteiger partial charge on any atom is -0.481 e. The fourth-order valence-electron chi connectivity index (χ4n) is 1.47. The molecule has 18 heavy (non-hydrogen) atoms. The van der Waals surface area contributed by atoms with Crippen LogP contribution < -0.4 is 10.6 Å². The predicted octanol–water partition coefficient (Wildman–Crippen LogP) is 1.25. The first-order chi connectivity index (χ1) is 8.61. The summed E-state index contributed by atoms with van der Waals surface area (Å²) < 4.78 is 0. The van der Waals surface area contributed by atoms with Crippen molar-refractivity contribution in [3.05, 3.63) is 29.8 Å². The number of aliphatic carboxylic acids is 1. The summed E-state index contributed by atoms with van der Waals surface area (Å²) >= 11 is 0. The van der Waals surface area contributed by atoms with Crippen molar-refractivity contribution in [2.75, 3.05) is 18.9 Å². The molecule has 0 aliphatic carbocycles. The van der Waals surface area contributed by atoms with Gasteiger partial charge in [0.15, 0.2) is 0 Å². The Kier molecular flexibility index (Phi) is 5.87. The molecule has 1 rings (SSSR count). The number of hydrogen-bond acceptors (Lipinski definition) is 3. The number of anilines is 1. The van der Waals surface area contributed by atoms with Gasteiger partial charge in [-0.3, -0.25) is 9.59 Å². The summed E-state index contributed by atoms with van der Waals surface area (Å²) in [5.41, 5.74) is 1.68. The second-order valence-corrected chi connectivity index (χ2v) is 3.99. The Hall–Kier alpha value is -1.88. The lowest BCUT2D eigenvalue weighted by Crippen LogP contribution is -2.18. The molecule has 0 saturated heterocycles. The maximum Gasteiger partial charge on any atom is 0.303 e. The van der Waals surface area contributed by atoms with Crippen LogP contribution in [0, 0.1) is 0 Å².